The molecule has 0 aliphatic carbocycles. The van der Waals surface area contributed by atoms with Gasteiger partial charge in [0.1, 0.15) is 5.82 Å². The standard InChI is InChI=1S/C16H19BrN2O/c1-11(13-5-3-9-20-10-13)18-15-8-7-12-4-2-6-14(17)16(12)19-15/h2,4,6-8,11,13H,3,5,9-10H2,1H3,(H,18,19). The van der Waals surface area contributed by atoms with Crippen LogP contribution in [0.3, 0.4) is 0 Å². The minimum Gasteiger partial charge on any atom is -0.381 e. The van der Waals surface area contributed by atoms with E-state index in [2.05, 4.69) is 46.4 Å². The summed E-state index contributed by atoms with van der Waals surface area (Å²) in [5, 5.41) is 4.67. The topological polar surface area (TPSA) is 34.2 Å². The first-order chi connectivity index (χ1) is 9.74. The van der Waals surface area contributed by atoms with Crippen LogP contribution in [0.25, 0.3) is 10.9 Å². The summed E-state index contributed by atoms with van der Waals surface area (Å²) >= 11 is 3.56. The molecule has 3 nitrogen and oxygen atoms in total. The molecule has 1 aliphatic rings. The summed E-state index contributed by atoms with van der Waals surface area (Å²) in [7, 11) is 0. The molecule has 20 heavy (non-hydrogen) atoms. The molecule has 0 bridgehead atoms. The number of rotatable bonds is 3. The molecule has 1 N–H and O–H groups in total. The average molecular weight is 335 g/mol. The summed E-state index contributed by atoms with van der Waals surface area (Å²) in [5.74, 6) is 1.50. The van der Waals surface area contributed by atoms with Gasteiger partial charge in [0, 0.05) is 28.4 Å². The SMILES string of the molecule is CC(Nc1ccc2cccc(Br)c2n1)C1CCCOC1. The fourth-order valence-corrected chi connectivity index (χ4v) is 3.17. The highest BCUT2D eigenvalue weighted by atomic mass is 79.9. The first kappa shape index (κ1) is 13.8. The van der Waals surface area contributed by atoms with Gasteiger partial charge >= 0.3 is 0 Å². The van der Waals surface area contributed by atoms with Gasteiger partial charge in [-0.2, -0.15) is 0 Å². The highest BCUT2D eigenvalue weighted by Crippen LogP contribution is 2.25. The predicted molar refractivity (Wildman–Crippen MR) is 86.1 cm³/mol. The molecule has 0 radical (unpaired) electrons. The first-order valence-electron chi connectivity index (χ1n) is 7.13. The second-order valence-corrected chi connectivity index (χ2v) is 6.27. The lowest BCUT2D eigenvalue weighted by Gasteiger charge is -2.28. The quantitative estimate of drug-likeness (QED) is 0.912. The van der Waals surface area contributed by atoms with Gasteiger partial charge in [-0.15, -0.1) is 0 Å². The maximum Gasteiger partial charge on any atom is 0.126 e. The summed E-state index contributed by atoms with van der Waals surface area (Å²) in [6.07, 6.45) is 2.39. The number of ether oxygens (including phenoxy) is 1. The van der Waals surface area contributed by atoms with Crippen molar-refractivity contribution in [2.75, 3.05) is 18.5 Å². The second kappa shape index (κ2) is 6.10. The van der Waals surface area contributed by atoms with E-state index in [0.717, 1.165) is 40.8 Å². The van der Waals surface area contributed by atoms with Crippen molar-refractivity contribution in [2.45, 2.75) is 25.8 Å². The van der Waals surface area contributed by atoms with Crippen molar-refractivity contribution in [3.63, 3.8) is 0 Å². The molecule has 106 valence electrons. The van der Waals surface area contributed by atoms with Crippen LogP contribution in [0.1, 0.15) is 19.8 Å². The number of fused-ring (bicyclic) bond motifs is 1. The Balaban J connectivity index is 1.78. The molecule has 0 spiro atoms. The fraction of sp³-hybridized carbons (Fsp3) is 0.438. The van der Waals surface area contributed by atoms with Crippen LogP contribution in [0.15, 0.2) is 34.8 Å². The maximum atomic E-state index is 5.56. The molecule has 2 unspecified atom stereocenters. The smallest absolute Gasteiger partial charge is 0.126 e. The van der Waals surface area contributed by atoms with Gasteiger partial charge < -0.3 is 10.1 Å². The highest BCUT2D eigenvalue weighted by molar-refractivity contribution is 9.10. The zero-order valence-corrected chi connectivity index (χ0v) is 13.2. The first-order valence-corrected chi connectivity index (χ1v) is 7.93. The molecular weight excluding hydrogens is 316 g/mol. The van der Waals surface area contributed by atoms with Crippen LogP contribution >= 0.6 is 15.9 Å². The Hall–Kier alpha value is -1.13. The molecule has 2 aromatic rings. The van der Waals surface area contributed by atoms with E-state index >= 15 is 0 Å². The van der Waals surface area contributed by atoms with E-state index < -0.39 is 0 Å². The fourth-order valence-electron chi connectivity index (χ4n) is 2.70. The molecule has 1 aliphatic heterocycles. The summed E-state index contributed by atoms with van der Waals surface area (Å²) < 4.78 is 6.60. The molecule has 1 aromatic heterocycles. The van der Waals surface area contributed by atoms with Gasteiger partial charge in [0.15, 0.2) is 0 Å². The largest absolute Gasteiger partial charge is 0.381 e. The normalized spacial score (nSPS) is 20.8. The molecule has 1 fully saturated rings. The number of nitrogens with zero attached hydrogens (tertiary/aromatic N) is 1. The van der Waals surface area contributed by atoms with Gasteiger partial charge in [-0.3, -0.25) is 0 Å². The molecule has 0 saturated carbocycles. The Morgan fingerprint density at radius 1 is 1.35 bits per heavy atom. The number of pyridine rings is 1. The number of hydrogen-bond acceptors (Lipinski definition) is 3. The number of nitrogens with one attached hydrogen (secondary N) is 1. The van der Waals surface area contributed by atoms with Gasteiger partial charge in [0.25, 0.3) is 0 Å². The van der Waals surface area contributed by atoms with Crippen LogP contribution < -0.4 is 5.32 Å². The van der Waals surface area contributed by atoms with Gasteiger partial charge in [0.2, 0.25) is 0 Å². The van der Waals surface area contributed by atoms with E-state index in [1.165, 1.54) is 6.42 Å². The lowest BCUT2D eigenvalue weighted by molar-refractivity contribution is 0.0496. The Kier molecular flexibility index (Phi) is 4.22. The van der Waals surface area contributed by atoms with E-state index in [9.17, 15) is 0 Å². The van der Waals surface area contributed by atoms with Gasteiger partial charge in [-0.1, -0.05) is 12.1 Å². The molecule has 3 rings (SSSR count). The number of benzene rings is 1. The zero-order valence-electron chi connectivity index (χ0n) is 11.6. The van der Waals surface area contributed by atoms with Crippen LogP contribution in [0.4, 0.5) is 5.82 Å². The molecule has 1 aromatic carbocycles. The van der Waals surface area contributed by atoms with Crippen molar-refractivity contribution in [2.24, 2.45) is 5.92 Å². The zero-order chi connectivity index (χ0) is 13.9. The summed E-state index contributed by atoms with van der Waals surface area (Å²) in [4.78, 5) is 4.71. The molecule has 4 heteroatoms. The molecular formula is C16H19BrN2O. The monoisotopic (exact) mass is 334 g/mol. The second-order valence-electron chi connectivity index (χ2n) is 5.42. The van der Waals surface area contributed by atoms with E-state index in [0.29, 0.717) is 12.0 Å². The third kappa shape index (κ3) is 2.96. The number of anilines is 1. The number of para-hydroxylation sites is 1. The number of hydrogen-bond donors (Lipinski definition) is 1. The molecule has 2 atom stereocenters. The predicted octanol–water partition coefficient (Wildman–Crippen LogP) is 4.22. The van der Waals surface area contributed by atoms with Crippen LogP contribution in [-0.4, -0.2) is 24.2 Å². The van der Waals surface area contributed by atoms with Crippen molar-refractivity contribution >= 4 is 32.7 Å². The Bertz CT molecular complexity index is 596. The summed E-state index contributed by atoms with van der Waals surface area (Å²) in [5.41, 5.74) is 1.00. The summed E-state index contributed by atoms with van der Waals surface area (Å²) in [6.45, 7) is 3.97. The van der Waals surface area contributed by atoms with Gasteiger partial charge in [0.05, 0.1) is 12.1 Å². The van der Waals surface area contributed by atoms with E-state index in [1.54, 1.807) is 0 Å². The Morgan fingerprint density at radius 3 is 3.05 bits per heavy atom. The number of halogens is 1. The van der Waals surface area contributed by atoms with Crippen LogP contribution in [0.5, 0.6) is 0 Å². The molecule has 2 heterocycles. The van der Waals surface area contributed by atoms with E-state index in [4.69, 9.17) is 9.72 Å². The van der Waals surface area contributed by atoms with E-state index in [-0.39, 0.29) is 0 Å². The minimum atomic E-state index is 0.378. The lowest BCUT2D eigenvalue weighted by Crippen LogP contribution is -2.32. The Labute approximate surface area is 127 Å². The minimum absolute atomic E-state index is 0.378. The van der Waals surface area contributed by atoms with Crippen molar-refractivity contribution in [1.82, 2.24) is 4.98 Å². The maximum absolute atomic E-state index is 5.56. The van der Waals surface area contributed by atoms with Crippen molar-refractivity contribution in [3.8, 4) is 0 Å². The molecule has 1 saturated heterocycles. The average Bonchev–Trinajstić information content (AvgIpc) is 2.49. The van der Waals surface area contributed by atoms with E-state index in [1.807, 2.05) is 12.1 Å². The summed E-state index contributed by atoms with van der Waals surface area (Å²) in [6, 6.07) is 10.7. The Morgan fingerprint density at radius 2 is 2.25 bits per heavy atom. The van der Waals surface area contributed by atoms with Crippen molar-refractivity contribution in [1.29, 1.82) is 0 Å². The van der Waals surface area contributed by atoms with Crippen molar-refractivity contribution < 1.29 is 4.74 Å². The third-order valence-electron chi connectivity index (χ3n) is 3.95. The van der Waals surface area contributed by atoms with Gasteiger partial charge in [-0.05, 0) is 53.9 Å². The van der Waals surface area contributed by atoms with Crippen LogP contribution in [0.2, 0.25) is 0 Å². The molecule has 0 amide bonds. The highest BCUT2D eigenvalue weighted by Gasteiger charge is 2.20. The van der Waals surface area contributed by atoms with Gasteiger partial charge in [-0.25, -0.2) is 4.98 Å². The lowest BCUT2D eigenvalue weighted by atomic mass is 9.95. The third-order valence-corrected chi connectivity index (χ3v) is 4.59. The van der Waals surface area contributed by atoms with Crippen LogP contribution in [-0.2, 0) is 4.74 Å². The van der Waals surface area contributed by atoms with Crippen molar-refractivity contribution in [3.05, 3.63) is 34.8 Å². The van der Waals surface area contributed by atoms with Crippen LogP contribution in [0, 0.1) is 5.92 Å². The number of aromatic nitrogens is 1.